The predicted octanol–water partition coefficient (Wildman–Crippen LogP) is 0.203. The molecule has 0 aliphatic rings. The van der Waals surface area contributed by atoms with Crippen molar-refractivity contribution in [3.05, 3.63) is 0 Å². The molecule has 3 heteroatoms. The lowest BCUT2D eigenvalue weighted by atomic mass is 10.8. The molecule has 0 saturated carbocycles. The lowest BCUT2D eigenvalue weighted by molar-refractivity contribution is 0.135. The van der Waals surface area contributed by atoms with E-state index >= 15 is 0 Å². The fraction of sp³-hybridized carbons (Fsp3) is 1.00. The molecule has 0 bridgehead atoms. The van der Waals surface area contributed by atoms with Crippen LogP contribution in [-0.2, 0) is 4.74 Å². The molecule has 0 spiro atoms. The average molecular weight is 157 g/mol. The van der Waals surface area contributed by atoms with E-state index in [1.165, 1.54) is 0 Å². The van der Waals surface area contributed by atoms with Crippen molar-refractivity contribution in [1.82, 2.24) is 0 Å². The third-order valence-electron chi connectivity index (χ3n) is 0.295. The Hall–Kier alpha value is 0.400. The number of hydrogen-bond acceptors (Lipinski definition) is 2. The molecule has 0 radical (unpaired) electrons. The second-order valence-corrected chi connectivity index (χ2v) is 0.716. The first-order valence-corrected chi connectivity index (χ1v) is 1.51. The molecule has 1 N–H and O–H groups in total. The van der Waals surface area contributed by atoms with E-state index in [0.717, 1.165) is 0 Å². The number of halogens is 1. The maximum Gasteiger partial charge on any atom is 0.0693 e. The standard InChI is InChI=1S/C3H8O2.BrH/c1-5-3-2-4;/h4H,2-3H2,1H3;1H. The van der Waals surface area contributed by atoms with Crippen LogP contribution in [0.25, 0.3) is 0 Å². The zero-order valence-electron chi connectivity index (χ0n) is 3.68. The van der Waals surface area contributed by atoms with Crippen molar-refractivity contribution in [1.29, 1.82) is 0 Å². The normalized spacial score (nSPS) is 7.00. The van der Waals surface area contributed by atoms with Crippen LogP contribution in [0.5, 0.6) is 0 Å². The van der Waals surface area contributed by atoms with Gasteiger partial charge in [-0.3, -0.25) is 0 Å². The van der Waals surface area contributed by atoms with Gasteiger partial charge in [0.15, 0.2) is 0 Å². The highest BCUT2D eigenvalue weighted by Crippen LogP contribution is 1.56. The Morgan fingerprint density at radius 3 is 2.17 bits per heavy atom. The molecule has 0 aromatic heterocycles. The van der Waals surface area contributed by atoms with Gasteiger partial charge in [0.25, 0.3) is 0 Å². The molecule has 0 heterocycles. The van der Waals surface area contributed by atoms with Crippen molar-refractivity contribution >= 4 is 17.0 Å². The summed E-state index contributed by atoms with van der Waals surface area (Å²) in [7, 11) is 1.55. The summed E-state index contributed by atoms with van der Waals surface area (Å²) in [5.74, 6) is 0. The fourth-order valence-corrected chi connectivity index (χ4v) is 0.0913. The summed E-state index contributed by atoms with van der Waals surface area (Å²) >= 11 is 0. The summed E-state index contributed by atoms with van der Waals surface area (Å²) in [6, 6.07) is 0. The van der Waals surface area contributed by atoms with E-state index in [1.807, 2.05) is 0 Å². The van der Waals surface area contributed by atoms with Gasteiger partial charge in [0, 0.05) is 7.11 Å². The number of aliphatic hydroxyl groups excluding tert-OH is 1. The molecule has 2 nitrogen and oxygen atoms in total. The van der Waals surface area contributed by atoms with E-state index in [4.69, 9.17) is 5.11 Å². The van der Waals surface area contributed by atoms with Crippen LogP contribution in [0, 0.1) is 0 Å². The smallest absolute Gasteiger partial charge is 0.0693 e. The van der Waals surface area contributed by atoms with Crippen LogP contribution in [0.15, 0.2) is 0 Å². The Labute approximate surface area is 47.9 Å². The van der Waals surface area contributed by atoms with Crippen molar-refractivity contribution in [2.75, 3.05) is 20.3 Å². The molecule has 0 atom stereocenters. The van der Waals surface area contributed by atoms with Crippen LogP contribution in [0.3, 0.4) is 0 Å². The number of ether oxygens (including phenoxy) is 1. The van der Waals surface area contributed by atoms with Crippen LogP contribution >= 0.6 is 17.0 Å². The number of rotatable bonds is 2. The van der Waals surface area contributed by atoms with E-state index in [2.05, 4.69) is 4.74 Å². The molecule has 0 saturated heterocycles. The van der Waals surface area contributed by atoms with Gasteiger partial charge < -0.3 is 9.84 Å². The molecule has 0 aromatic carbocycles. The number of methoxy groups -OCH3 is 1. The Morgan fingerprint density at radius 2 is 2.17 bits per heavy atom. The Balaban J connectivity index is 0. The van der Waals surface area contributed by atoms with Crippen molar-refractivity contribution in [2.24, 2.45) is 0 Å². The summed E-state index contributed by atoms with van der Waals surface area (Å²) in [4.78, 5) is 0. The van der Waals surface area contributed by atoms with Gasteiger partial charge in [0.05, 0.1) is 13.2 Å². The van der Waals surface area contributed by atoms with Crippen LogP contribution in [0.4, 0.5) is 0 Å². The summed E-state index contributed by atoms with van der Waals surface area (Å²) in [5, 5.41) is 7.94. The maximum absolute atomic E-state index is 7.94. The summed E-state index contributed by atoms with van der Waals surface area (Å²) < 4.78 is 4.44. The zero-order valence-corrected chi connectivity index (χ0v) is 5.39. The van der Waals surface area contributed by atoms with E-state index in [0.29, 0.717) is 6.61 Å². The van der Waals surface area contributed by atoms with E-state index in [9.17, 15) is 0 Å². The van der Waals surface area contributed by atoms with Gasteiger partial charge in [-0.2, -0.15) is 0 Å². The Bertz CT molecular complexity index is 16.3. The number of hydrogen-bond donors (Lipinski definition) is 1. The second kappa shape index (κ2) is 9.04. The first kappa shape index (κ1) is 9.64. The Morgan fingerprint density at radius 1 is 1.67 bits per heavy atom. The van der Waals surface area contributed by atoms with Crippen molar-refractivity contribution in [3.63, 3.8) is 0 Å². The highest BCUT2D eigenvalue weighted by molar-refractivity contribution is 8.93. The molecule has 0 amide bonds. The van der Waals surface area contributed by atoms with Gasteiger partial charge in [0.1, 0.15) is 0 Å². The molecule has 6 heavy (non-hydrogen) atoms. The van der Waals surface area contributed by atoms with Crippen LogP contribution < -0.4 is 0 Å². The third kappa shape index (κ3) is 8.83. The lowest BCUT2D eigenvalue weighted by Gasteiger charge is -1.84. The summed E-state index contributed by atoms with van der Waals surface area (Å²) in [6.07, 6.45) is 0. The van der Waals surface area contributed by atoms with E-state index in [1.54, 1.807) is 7.11 Å². The summed E-state index contributed by atoms with van der Waals surface area (Å²) in [6.45, 7) is 0.566. The SMILES string of the molecule is Br.COCCO. The molecule has 0 unspecified atom stereocenters. The highest BCUT2D eigenvalue weighted by Gasteiger charge is 1.67. The minimum atomic E-state index is 0. The number of aliphatic hydroxyl groups is 1. The lowest BCUT2D eigenvalue weighted by Crippen LogP contribution is -1.91. The molecular formula is C3H9BrO2. The van der Waals surface area contributed by atoms with E-state index < -0.39 is 0 Å². The van der Waals surface area contributed by atoms with Crippen molar-refractivity contribution in [2.45, 2.75) is 0 Å². The average Bonchev–Trinajstić information content (AvgIpc) is 1.41. The van der Waals surface area contributed by atoms with Gasteiger partial charge >= 0.3 is 0 Å². The van der Waals surface area contributed by atoms with E-state index in [-0.39, 0.29) is 23.6 Å². The summed E-state index contributed by atoms with van der Waals surface area (Å²) in [5.41, 5.74) is 0. The maximum atomic E-state index is 7.94. The van der Waals surface area contributed by atoms with Crippen molar-refractivity contribution in [3.8, 4) is 0 Å². The largest absolute Gasteiger partial charge is 0.394 e. The highest BCUT2D eigenvalue weighted by atomic mass is 79.9. The van der Waals surface area contributed by atoms with Crippen molar-refractivity contribution < 1.29 is 9.84 Å². The minimum Gasteiger partial charge on any atom is -0.394 e. The minimum absolute atomic E-state index is 0. The first-order valence-electron chi connectivity index (χ1n) is 1.51. The second-order valence-electron chi connectivity index (χ2n) is 0.716. The van der Waals surface area contributed by atoms with Crippen LogP contribution in [0.2, 0.25) is 0 Å². The van der Waals surface area contributed by atoms with Crippen LogP contribution in [0.1, 0.15) is 0 Å². The van der Waals surface area contributed by atoms with Crippen LogP contribution in [-0.4, -0.2) is 25.4 Å². The van der Waals surface area contributed by atoms with Gasteiger partial charge in [-0.15, -0.1) is 17.0 Å². The van der Waals surface area contributed by atoms with Gasteiger partial charge in [-0.1, -0.05) is 0 Å². The molecule has 0 aliphatic carbocycles. The monoisotopic (exact) mass is 156 g/mol. The third-order valence-corrected chi connectivity index (χ3v) is 0.295. The molecule has 0 fully saturated rings. The first-order chi connectivity index (χ1) is 2.41. The molecule has 0 aromatic rings. The predicted molar refractivity (Wildman–Crippen MR) is 29.3 cm³/mol. The fourth-order valence-electron chi connectivity index (χ4n) is 0.0913. The quantitative estimate of drug-likeness (QED) is 0.620. The van der Waals surface area contributed by atoms with Gasteiger partial charge in [-0.05, 0) is 0 Å². The topological polar surface area (TPSA) is 29.5 Å². The molecular weight excluding hydrogens is 148 g/mol. The van der Waals surface area contributed by atoms with Gasteiger partial charge in [0.2, 0.25) is 0 Å². The Kier molecular flexibility index (Phi) is 14.5. The molecule has 0 aliphatic heterocycles. The molecule has 40 valence electrons. The molecule has 0 rings (SSSR count). The zero-order chi connectivity index (χ0) is 4.12. The van der Waals surface area contributed by atoms with Gasteiger partial charge in [-0.25, -0.2) is 0 Å².